The predicted octanol–water partition coefficient (Wildman–Crippen LogP) is 1.40. The molecule has 0 unspecified atom stereocenters. The highest BCUT2D eigenvalue weighted by Gasteiger charge is 2.38. The van der Waals surface area contributed by atoms with E-state index in [2.05, 4.69) is 0 Å². The first-order chi connectivity index (χ1) is 9.67. The van der Waals surface area contributed by atoms with Crippen molar-refractivity contribution >= 4 is 16.2 Å². The molecule has 0 aromatic heterocycles. The summed E-state index contributed by atoms with van der Waals surface area (Å²) in [5, 5.41) is 9.41. The first-order valence-electron chi connectivity index (χ1n) is 6.64. The largest absolute Gasteiger partial charge is 0.480 e. The molecule has 0 aliphatic carbocycles. The summed E-state index contributed by atoms with van der Waals surface area (Å²) in [5.41, 5.74) is 0.745. The summed E-state index contributed by atoms with van der Waals surface area (Å²) >= 11 is 0. The van der Waals surface area contributed by atoms with Gasteiger partial charge in [-0.2, -0.15) is 17.0 Å². The Bertz CT molecular complexity index is 570. The number of carboxylic acids is 1. The van der Waals surface area contributed by atoms with Crippen molar-refractivity contribution in [3.63, 3.8) is 0 Å². The third-order valence-electron chi connectivity index (χ3n) is 3.13. The van der Waals surface area contributed by atoms with Gasteiger partial charge in [0.05, 0.1) is 0 Å². The zero-order valence-electron chi connectivity index (χ0n) is 12.7. The van der Waals surface area contributed by atoms with E-state index in [9.17, 15) is 18.3 Å². The van der Waals surface area contributed by atoms with Crippen LogP contribution in [0.5, 0.6) is 0 Å². The van der Waals surface area contributed by atoms with Gasteiger partial charge in [-0.15, -0.1) is 0 Å². The molecule has 0 aliphatic rings. The van der Waals surface area contributed by atoms with Gasteiger partial charge in [0.25, 0.3) is 10.2 Å². The molecule has 1 N–H and O–H groups in total. The second kappa shape index (κ2) is 7.02. The van der Waals surface area contributed by atoms with E-state index in [1.807, 2.05) is 6.07 Å². The number of carbonyl (C=O) groups is 1. The fraction of sp³-hybridized carbons (Fsp3) is 0.500. The van der Waals surface area contributed by atoms with E-state index >= 15 is 0 Å². The maximum absolute atomic E-state index is 12.5. The van der Waals surface area contributed by atoms with Gasteiger partial charge in [0.15, 0.2) is 0 Å². The van der Waals surface area contributed by atoms with Gasteiger partial charge in [-0.3, -0.25) is 4.79 Å². The second-order valence-corrected chi connectivity index (χ2v) is 7.44. The lowest BCUT2D eigenvalue weighted by Gasteiger charge is -2.32. The van der Waals surface area contributed by atoms with E-state index < -0.39 is 22.2 Å². The third-order valence-corrected chi connectivity index (χ3v) is 5.01. The molecule has 7 heteroatoms. The maximum atomic E-state index is 12.5. The summed E-state index contributed by atoms with van der Waals surface area (Å²) in [5.74, 6) is -1.49. The summed E-state index contributed by atoms with van der Waals surface area (Å²) in [6.45, 7) is 3.42. The molecule has 6 nitrogen and oxygen atoms in total. The fourth-order valence-corrected chi connectivity index (χ4v) is 3.39. The molecule has 1 atom stereocenters. The molecule has 0 amide bonds. The summed E-state index contributed by atoms with van der Waals surface area (Å²) in [7, 11) is -1.05. The van der Waals surface area contributed by atoms with Crippen LogP contribution in [0.2, 0.25) is 0 Å². The molecule has 0 spiro atoms. The van der Waals surface area contributed by atoms with Gasteiger partial charge >= 0.3 is 5.97 Å². The quantitative estimate of drug-likeness (QED) is 0.825. The van der Waals surface area contributed by atoms with Gasteiger partial charge in [0.2, 0.25) is 0 Å². The Hall–Kier alpha value is -1.44. The van der Waals surface area contributed by atoms with Crippen molar-refractivity contribution in [3.05, 3.63) is 35.9 Å². The van der Waals surface area contributed by atoms with Gasteiger partial charge in [0, 0.05) is 20.6 Å². The van der Waals surface area contributed by atoms with Crippen LogP contribution in [0, 0.1) is 5.92 Å². The van der Waals surface area contributed by atoms with E-state index in [-0.39, 0.29) is 12.5 Å². The molecular formula is C14H22N2O4S. The number of carboxylic acid groups (broad SMARTS) is 1. The van der Waals surface area contributed by atoms with Crippen molar-refractivity contribution < 1.29 is 18.3 Å². The predicted molar refractivity (Wildman–Crippen MR) is 80.9 cm³/mol. The smallest absolute Gasteiger partial charge is 0.322 e. The average Bonchev–Trinajstić information content (AvgIpc) is 2.38. The molecule has 118 valence electrons. The van der Waals surface area contributed by atoms with E-state index in [1.54, 1.807) is 38.1 Å². The van der Waals surface area contributed by atoms with E-state index in [0.29, 0.717) is 0 Å². The monoisotopic (exact) mass is 314 g/mol. The SMILES string of the molecule is CC(C)[C@@H](C(=O)O)N(Cc1ccccc1)S(=O)(=O)N(C)C. The number of aliphatic carboxylic acids is 1. The Balaban J connectivity index is 3.26. The summed E-state index contributed by atoms with van der Waals surface area (Å²) in [6, 6.07) is 7.85. The van der Waals surface area contributed by atoms with Crippen LogP contribution in [0.1, 0.15) is 19.4 Å². The lowest BCUT2D eigenvalue weighted by atomic mass is 10.0. The molecule has 0 aliphatic heterocycles. The molecule has 1 aromatic carbocycles. The maximum Gasteiger partial charge on any atom is 0.322 e. The molecule has 0 fully saturated rings. The van der Waals surface area contributed by atoms with Gasteiger partial charge in [0.1, 0.15) is 6.04 Å². The van der Waals surface area contributed by atoms with Crippen LogP contribution < -0.4 is 0 Å². The van der Waals surface area contributed by atoms with Crippen LogP contribution >= 0.6 is 0 Å². The Morgan fingerprint density at radius 3 is 2.10 bits per heavy atom. The van der Waals surface area contributed by atoms with Crippen LogP contribution in [0.15, 0.2) is 30.3 Å². The van der Waals surface area contributed by atoms with Crippen LogP contribution in [-0.2, 0) is 21.5 Å². The van der Waals surface area contributed by atoms with Gasteiger partial charge in [-0.1, -0.05) is 44.2 Å². The van der Waals surface area contributed by atoms with Crippen molar-refractivity contribution in [2.45, 2.75) is 26.4 Å². The van der Waals surface area contributed by atoms with E-state index in [0.717, 1.165) is 14.2 Å². The lowest BCUT2D eigenvalue weighted by molar-refractivity contribution is -0.143. The number of rotatable bonds is 7. The van der Waals surface area contributed by atoms with Crippen LogP contribution in [0.3, 0.4) is 0 Å². The van der Waals surface area contributed by atoms with Gasteiger partial charge in [-0.25, -0.2) is 0 Å². The molecule has 0 heterocycles. The molecule has 1 aromatic rings. The van der Waals surface area contributed by atoms with E-state index in [4.69, 9.17) is 0 Å². The number of hydrogen-bond acceptors (Lipinski definition) is 3. The molecular weight excluding hydrogens is 292 g/mol. The van der Waals surface area contributed by atoms with Crippen molar-refractivity contribution in [2.75, 3.05) is 14.1 Å². The molecule has 1 rings (SSSR count). The minimum atomic E-state index is -3.84. The zero-order valence-corrected chi connectivity index (χ0v) is 13.5. The summed E-state index contributed by atoms with van der Waals surface area (Å²) in [4.78, 5) is 11.5. The number of benzene rings is 1. The lowest BCUT2D eigenvalue weighted by Crippen LogP contribution is -2.51. The first-order valence-corrected chi connectivity index (χ1v) is 8.03. The Labute approximate surface area is 126 Å². The van der Waals surface area contributed by atoms with Crippen molar-refractivity contribution in [2.24, 2.45) is 5.92 Å². The van der Waals surface area contributed by atoms with Gasteiger partial charge in [-0.05, 0) is 11.5 Å². The Kier molecular flexibility index (Phi) is 5.88. The fourth-order valence-electron chi connectivity index (χ4n) is 2.04. The molecule has 0 saturated carbocycles. The Morgan fingerprint density at radius 2 is 1.71 bits per heavy atom. The van der Waals surface area contributed by atoms with E-state index in [1.165, 1.54) is 14.1 Å². The van der Waals surface area contributed by atoms with Crippen LogP contribution in [0.4, 0.5) is 0 Å². The molecule has 0 radical (unpaired) electrons. The van der Waals surface area contributed by atoms with Crippen LogP contribution in [-0.4, -0.2) is 48.2 Å². The number of nitrogens with zero attached hydrogens (tertiary/aromatic N) is 2. The van der Waals surface area contributed by atoms with Crippen molar-refractivity contribution in [1.29, 1.82) is 0 Å². The first kappa shape index (κ1) is 17.6. The second-order valence-electron chi connectivity index (χ2n) is 5.35. The van der Waals surface area contributed by atoms with Crippen molar-refractivity contribution in [3.8, 4) is 0 Å². The number of hydrogen-bond donors (Lipinski definition) is 1. The molecule has 0 bridgehead atoms. The molecule has 21 heavy (non-hydrogen) atoms. The molecule has 0 saturated heterocycles. The highest BCUT2D eigenvalue weighted by atomic mass is 32.2. The van der Waals surface area contributed by atoms with Crippen molar-refractivity contribution in [1.82, 2.24) is 8.61 Å². The normalized spacial score (nSPS) is 13.9. The van der Waals surface area contributed by atoms with Crippen LogP contribution in [0.25, 0.3) is 0 Å². The highest BCUT2D eigenvalue weighted by molar-refractivity contribution is 7.86. The third kappa shape index (κ3) is 4.26. The Morgan fingerprint density at radius 1 is 1.19 bits per heavy atom. The minimum absolute atomic E-state index is 0.0243. The minimum Gasteiger partial charge on any atom is -0.480 e. The highest BCUT2D eigenvalue weighted by Crippen LogP contribution is 2.20. The summed E-state index contributed by atoms with van der Waals surface area (Å²) in [6.07, 6.45) is 0. The average molecular weight is 314 g/mol. The zero-order chi connectivity index (χ0) is 16.2. The standard InChI is InChI=1S/C14H22N2O4S/c1-11(2)13(14(17)18)16(21(19,20)15(3)4)10-12-8-6-5-7-9-12/h5-9,11,13H,10H2,1-4H3,(H,17,18)/t13-/m0/s1. The van der Waals surface area contributed by atoms with Gasteiger partial charge < -0.3 is 5.11 Å². The summed E-state index contributed by atoms with van der Waals surface area (Å²) < 4.78 is 27.0. The topological polar surface area (TPSA) is 77.9 Å².